The zero-order chi connectivity index (χ0) is 13.1. The molecule has 94 valence electrons. The van der Waals surface area contributed by atoms with E-state index in [1.54, 1.807) is 18.2 Å². The van der Waals surface area contributed by atoms with Crippen LogP contribution >= 0.6 is 0 Å². The SMILES string of the molecule is Cc1cccc(C(=O)CN(C)CC(F)(F)F)c1. The summed E-state index contributed by atoms with van der Waals surface area (Å²) in [6, 6.07) is 6.82. The molecule has 1 aromatic carbocycles. The first kappa shape index (κ1) is 13.7. The Labute approximate surface area is 98.0 Å². The highest BCUT2D eigenvalue weighted by atomic mass is 19.4. The zero-order valence-corrected chi connectivity index (χ0v) is 9.71. The molecular formula is C12H14F3NO. The van der Waals surface area contributed by atoms with Crippen LogP contribution in [0.4, 0.5) is 13.2 Å². The van der Waals surface area contributed by atoms with Gasteiger partial charge in [0.1, 0.15) is 0 Å². The van der Waals surface area contributed by atoms with Crippen molar-refractivity contribution in [3.63, 3.8) is 0 Å². The van der Waals surface area contributed by atoms with Crippen molar-refractivity contribution in [3.05, 3.63) is 35.4 Å². The second-order valence-electron chi connectivity index (χ2n) is 4.08. The molecule has 0 unspecified atom stereocenters. The van der Waals surface area contributed by atoms with Gasteiger partial charge in [-0.15, -0.1) is 0 Å². The number of benzene rings is 1. The summed E-state index contributed by atoms with van der Waals surface area (Å²) in [5, 5.41) is 0. The smallest absolute Gasteiger partial charge is 0.293 e. The van der Waals surface area contributed by atoms with Crippen molar-refractivity contribution in [3.8, 4) is 0 Å². The number of halogens is 3. The molecule has 0 atom stereocenters. The van der Waals surface area contributed by atoms with Crippen molar-refractivity contribution in [2.75, 3.05) is 20.1 Å². The minimum Gasteiger partial charge on any atom is -0.293 e. The first-order valence-electron chi connectivity index (χ1n) is 5.13. The lowest BCUT2D eigenvalue weighted by Gasteiger charge is -2.17. The maximum absolute atomic E-state index is 12.1. The Morgan fingerprint density at radius 3 is 2.53 bits per heavy atom. The van der Waals surface area contributed by atoms with Gasteiger partial charge in [-0.25, -0.2) is 0 Å². The van der Waals surface area contributed by atoms with Crippen LogP contribution in [-0.2, 0) is 0 Å². The monoisotopic (exact) mass is 245 g/mol. The average Bonchev–Trinajstić information content (AvgIpc) is 2.14. The second-order valence-corrected chi connectivity index (χ2v) is 4.08. The number of carbonyl (C=O) groups is 1. The molecule has 0 aliphatic heterocycles. The van der Waals surface area contributed by atoms with Crippen LogP contribution in [0.15, 0.2) is 24.3 Å². The average molecular weight is 245 g/mol. The lowest BCUT2D eigenvalue weighted by molar-refractivity contribution is -0.141. The number of hydrogen-bond donors (Lipinski definition) is 0. The van der Waals surface area contributed by atoms with E-state index in [-0.39, 0.29) is 12.3 Å². The van der Waals surface area contributed by atoms with Gasteiger partial charge in [0, 0.05) is 5.56 Å². The summed E-state index contributed by atoms with van der Waals surface area (Å²) in [5.41, 5.74) is 1.35. The first-order chi connectivity index (χ1) is 7.78. The summed E-state index contributed by atoms with van der Waals surface area (Å²) in [4.78, 5) is 12.6. The third kappa shape index (κ3) is 4.99. The van der Waals surface area contributed by atoms with Gasteiger partial charge in [0.05, 0.1) is 13.1 Å². The summed E-state index contributed by atoms with van der Waals surface area (Å²) in [6.45, 7) is 0.518. The minimum atomic E-state index is -4.28. The van der Waals surface area contributed by atoms with Gasteiger partial charge in [-0.3, -0.25) is 9.69 Å². The molecule has 1 aromatic rings. The lowest BCUT2D eigenvalue weighted by Crippen LogP contribution is -2.34. The second kappa shape index (κ2) is 5.31. The number of nitrogens with zero attached hydrogens (tertiary/aromatic N) is 1. The van der Waals surface area contributed by atoms with Crippen molar-refractivity contribution in [1.82, 2.24) is 4.90 Å². The Bertz CT molecular complexity index is 401. The van der Waals surface area contributed by atoms with E-state index in [4.69, 9.17) is 0 Å². The molecule has 0 fully saturated rings. The van der Waals surface area contributed by atoms with Crippen molar-refractivity contribution in [1.29, 1.82) is 0 Å². The largest absolute Gasteiger partial charge is 0.401 e. The quantitative estimate of drug-likeness (QED) is 0.760. The maximum atomic E-state index is 12.1. The molecule has 0 saturated carbocycles. The van der Waals surface area contributed by atoms with E-state index >= 15 is 0 Å². The van der Waals surface area contributed by atoms with E-state index in [2.05, 4.69) is 0 Å². The fourth-order valence-electron chi connectivity index (χ4n) is 1.52. The number of ketones is 1. The molecular weight excluding hydrogens is 231 g/mol. The summed E-state index contributed by atoms with van der Waals surface area (Å²) in [5.74, 6) is -0.305. The number of aryl methyl sites for hydroxylation is 1. The number of Topliss-reactive ketones (excluding diaryl/α,β-unsaturated/α-hetero) is 1. The molecule has 0 N–H and O–H groups in total. The normalized spacial score (nSPS) is 11.9. The van der Waals surface area contributed by atoms with Gasteiger partial charge in [-0.2, -0.15) is 13.2 Å². The van der Waals surface area contributed by atoms with Crippen molar-refractivity contribution in [2.45, 2.75) is 13.1 Å². The molecule has 0 radical (unpaired) electrons. The predicted octanol–water partition coefficient (Wildman–Crippen LogP) is 2.67. The molecule has 1 rings (SSSR count). The maximum Gasteiger partial charge on any atom is 0.401 e. The lowest BCUT2D eigenvalue weighted by atomic mass is 10.1. The summed E-state index contributed by atoms with van der Waals surface area (Å²) in [6.07, 6.45) is -4.28. The number of alkyl halides is 3. The van der Waals surface area contributed by atoms with Crippen LogP contribution in [0.5, 0.6) is 0 Å². The van der Waals surface area contributed by atoms with Crippen molar-refractivity contribution < 1.29 is 18.0 Å². The molecule has 0 bridgehead atoms. The summed E-state index contributed by atoms with van der Waals surface area (Å²) >= 11 is 0. The van der Waals surface area contributed by atoms with Gasteiger partial charge in [0.15, 0.2) is 5.78 Å². The van der Waals surface area contributed by atoms with Gasteiger partial charge >= 0.3 is 6.18 Å². The minimum absolute atomic E-state index is 0.233. The Balaban J connectivity index is 2.61. The standard InChI is InChI=1S/C12H14F3NO/c1-9-4-3-5-10(6-9)11(17)7-16(2)8-12(13,14)15/h3-6H,7-8H2,1-2H3. The number of hydrogen-bond acceptors (Lipinski definition) is 2. The molecule has 0 amide bonds. The van der Waals surface area contributed by atoms with Crippen molar-refractivity contribution in [2.24, 2.45) is 0 Å². The van der Waals surface area contributed by atoms with Gasteiger partial charge in [0.2, 0.25) is 0 Å². The summed E-state index contributed by atoms with van der Waals surface area (Å²) in [7, 11) is 1.28. The topological polar surface area (TPSA) is 20.3 Å². The van der Waals surface area contributed by atoms with E-state index in [1.807, 2.05) is 13.0 Å². The Morgan fingerprint density at radius 1 is 1.35 bits per heavy atom. The molecule has 0 aliphatic rings. The molecule has 0 heterocycles. The molecule has 5 heteroatoms. The Kier molecular flexibility index (Phi) is 4.28. The van der Waals surface area contributed by atoms with Crippen LogP contribution in [0, 0.1) is 6.92 Å². The van der Waals surface area contributed by atoms with Gasteiger partial charge in [-0.1, -0.05) is 23.8 Å². The number of carbonyl (C=O) groups excluding carboxylic acids is 1. The van der Waals surface area contributed by atoms with Crippen LogP contribution in [0.3, 0.4) is 0 Å². The van der Waals surface area contributed by atoms with E-state index < -0.39 is 12.7 Å². The number of rotatable bonds is 4. The third-order valence-corrected chi connectivity index (χ3v) is 2.20. The zero-order valence-electron chi connectivity index (χ0n) is 9.71. The first-order valence-corrected chi connectivity index (χ1v) is 5.13. The van der Waals surface area contributed by atoms with Crippen LogP contribution in [-0.4, -0.2) is 37.0 Å². The predicted molar refractivity (Wildman–Crippen MR) is 59.1 cm³/mol. The van der Waals surface area contributed by atoms with Gasteiger partial charge in [0.25, 0.3) is 0 Å². The molecule has 0 saturated heterocycles. The highest BCUT2D eigenvalue weighted by Crippen LogP contribution is 2.15. The van der Waals surface area contributed by atoms with Crippen molar-refractivity contribution >= 4 is 5.78 Å². The van der Waals surface area contributed by atoms with E-state index in [1.165, 1.54) is 7.05 Å². The molecule has 0 aliphatic carbocycles. The van der Waals surface area contributed by atoms with E-state index in [0.717, 1.165) is 10.5 Å². The Hall–Kier alpha value is -1.36. The number of likely N-dealkylation sites (N-methyl/N-ethyl adjacent to an activating group) is 1. The molecule has 0 spiro atoms. The van der Waals surface area contributed by atoms with Gasteiger partial charge < -0.3 is 0 Å². The highest BCUT2D eigenvalue weighted by Gasteiger charge is 2.29. The van der Waals surface area contributed by atoms with Crippen LogP contribution < -0.4 is 0 Å². The third-order valence-electron chi connectivity index (χ3n) is 2.20. The van der Waals surface area contributed by atoms with Crippen LogP contribution in [0.2, 0.25) is 0 Å². The van der Waals surface area contributed by atoms with Crippen LogP contribution in [0.1, 0.15) is 15.9 Å². The van der Waals surface area contributed by atoms with Crippen LogP contribution in [0.25, 0.3) is 0 Å². The molecule has 2 nitrogen and oxygen atoms in total. The fourth-order valence-corrected chi connectivity index (χ4v) is 1.52. The fraction of sp³-hybridized carbons (Fsp3) is 0.417. The summed E-state index contributed by atoms with van der Waals surface area (Å²) < 4.78 is 36.2. The van der Waals surface area contributed by atoms with Gasteiger partial charge in [-0.05, 0) is 20.0 Å². The van der Waals surface area contributed by atoms with E-state index in [9.17, 15) is 18.0 Å². The molecule has 17 heavy (non-hydrogen) atoms. The Morgan fingerprint density at radius 2 is 2.00 bits per heavy atom. The molecule has 0 aromatic heterocycles. The van der Waals surface area contributed by atoms with E-state index in [0.29, 0.717) is 5.56 Å². The highest BCUT2D eigenvalue weighted by molar-refractivity contribution is 5.97.